The summed E-state index contributed by atoms with van der Waals surface area (Å²) in [6, 6.07) is 9.84. The molecule has 2 aromatic rings. The minimum absolute atomic E-state index is 0.0123. The zero-order valence-electron chi connectivity index (χ0n) is 12.4. The fourth-order valence-electron chi connectivity index (χ4n) is 2.06. The second-order valence-electron chi connectivity index (χ2n) is 5.00. The summed E-state index contributed by atoms with van der Waals surface area (Å²) in [6.45, 7) is 0.174. The highest BCUT2D eigenvalue weighted by atomic mass is 79.9. The average molecular weight is 459 g/mol. The Morgan fingerprint density at radius 1 is 1.17 bits per heavy atom. The van der Waals surface area contributed by atoms with Gasteiger partial charge < -0.3 is 9.84 Å². The highest BCUT2D eigenvalue weighted by Crippen LogP contribution is 2.35. The summed E-state index contributed by atoms with van der Waals surface area (Å²) in [7, 11) is 0. The largest absolute Gasteiger partial charge is 0.487 e. The molecule has 0 spiro atoms. The van der Waals surface area contributed by atoms with Gasteiger partial charge in [0, 0.05) is 18.6 Å². The van der Waals surface area contributed by atoms with Gasteiger partial charge in [-0.2, -0.15) is 0 Å². The molecule has 0 atom stereocenters. The predicted molar refractivity (Wildman–Crippen MR) is 95.2 cm³/mol. The normalized spacial score (nSPS) is 10.4. The Hall–Kier alpha value is -1.93. The number of nitro groups is 1. The number of hydrogen-bond acceptors (Lipinski definition) is 4. The maximum Gasteiger partial charge on any atom is 0.303 e. The molecule has 0 fully saturated rings. The SMILES string of the molecule is O=C(O)CCc1cc(Br)c(OCc2cccc([N+](=O)[O-])c2)c(Br)c1. The van der Waals surface area contributed by atoms with Gasteiger partial charge in [0.2, 0.25) is 0 Å². The van der Waals surface area contributed by atoms with Gasteiger partial charge in [-0.25, -0.2) is 0 Å². The zero-order chi connectivity index (χ0) is 17.7. The van der Waals surface area contributed by atoms with Gasteiger partial charge in [-0.05, 0) is 61.5 Å². The van der Waals surface area contributed by atoms with E-state index in [-0.39, 0.29) is 18.7 Å². The van der Waals surface area contributed by atoms with Gasteiger partial charge in [0.05, 0.1) is 13.9 Å². The number of aryl methyl sites for hydroxylation is 1. The first-order chi connectivity index (χ1) is 11.4. The van der Waals surface area contributed by atoms with Crippen LogP contribution >= 0.6 is 31.9 Å². The summed E-state index contributed by atoms with van der Waals surface area (Å²) in [6.07, 6.45) is 0.463. The van der Waals surface area contributed by atoms with E-state index in [1.165, 1.54) is 12.1 Å². The molecule has 0 aliphatic carbocycles. The Bertz CT molecular complexity index is 756. The van der Waals surface area contributed by atoms with Crippen LogP contribution in [-0.4, -0.2) is 16.0 Å². The van der Waals surface area contributed by atoms with Gasteiger partial charge >= 0.3 is 5.97 Å². The standard InChI is InChI=1S/C16H13Br2NO5/c17-13-7-10(4-5-15(20)21)8-14(18)16(13)24-9-11-2-1-3-12(6-11)19(22)23/h1-3,6-8H,4-5,9H2,(H,20,21). The van der Waals surface area contributed by atoms with Gasteiger partial charge in [0.15, 0.2) is 0 Å². The summed E-state index contributed by atoms with van der Waals surface area (Å²) in [5.74, 6) is -0.297. The molecule has 0 amide bonds. The number of nitrogens with zero attached hydrogens (tertiary/aromatic N) is 1. The highest BCUT2D eigenvalue weighted by molar-refractivity contribution is 9.11. The highest BCUT2D eigenvalue weighted by Gasteiger charge is 2.12. The van der Waals surface area contributed by atoms with E-state index in [2.05, 4.69) is 31.9 Å². The van der Waals surface area contributed by atoms with Crippen molar-refractivity contribution < 1.29 is 19.6 Å². The van der Waals surface area contributed by atoms with Gasteiger partial charge in [-0.15, -0.1) is 0 Å². The van der Waals surface area contributed by atoms with E-state index in [1.807, 2.05) is 0 Å². The fourth-order valence-corrected chi connectivity index (χ4v) is 3.57. The molecule has 0 bridgehead atoms. The van der Waals surface area contributed by atoms with Crippen molar-refractivity contribution in [3.05, 3.63) is 66.6 Å². The summed E-state index contributed by atoms with van der Waals surface area (Å²) >= 11 is 6.81. The van der Waals surface area contributed by atoms with Crippen LogP contribution in [0.4, 0.5) is 5.69 Å². The maximum atomic E-state index is 10.8. The topological polar surface area (TPSA) is 89.7 Å². The van der Waals surface area contributed by atoms with Crippen molar-refractivity contribution in [1.29, 1.82) is 0 Å². The molecule has 126 valence electrons. The molecule has 24 heavy (non-hydrogen) atoms. The van der Waals surface area contributed by atoms with E-state index in [1.54, 1.807) is 24.3 Å². The van der Waals surface area contributed by atoms with Crippen LogP contribution < -0.4 is 4.74 Å². The number of nitro benzene ring substituents is 1. The Kier molecular flexibility index (Phi) is 6.33. The summed E-state index contributed by atoms with van der Waals surface area (Å²) < 4.78 is 7.10. The van der Waals surface area contributed by atoms with Crippen molar-refractivity contribution in [2.75, 3.05) is 0 Å². The Labute approximate surface area is 154 Å². The third-order valence-corrected chi connectivity index (χ3v) is 4.37. The first-order valence-electron chi connectivity index (χ1n) is 6.92. The van der Waals surface area contributed by atoms with Crippen LogP contribution in [0.3, 0.4) is 0 Å². The first-order valence-corrected chi connectivity index (χ1v) is 8.51. The molecule has 2 rings (SSSR count). The molecule has 0 aliphatic heterocycles. The van der Waals surface area contributed by atoms with Crippen molar-refractivity contribution in [2.24, 2.45) is 0 Å². The molecule has 0 saturated carbocycles. The Balaban J connectivity index is 2.11. The van der Waals surface area contributed by atoms with E-state index in [4.69, 9.17) is 9.84 Å². The number of halogens is 2. The van der Waals surface area contributed by atoms with E-state index in [0.29, 0.717) is 26.7 Å². The fraction of sp³-hybridized carbons (Fsp3) is 0.188. The maximum absolute atomic E-state index is 10.8. The molecule has 2 aromatic carbocycles. The van der Waals surface area contributed by atoms with Crippen LogP contribution in [0.25, 0.3) is 0 Å². The lowest BCUT2D eigenvalue weighted by Gasteiger charge is -2.12. The molecule has 0 aliphatic rings. The predicted octanol–water partition coefficient (Wildman–Crippen LogP) is 4.72. The number of carboxylic acid groups (broad SMARTS) is 1. The second kappa shape index (κ2) is 8.25. The molecule has 0 unspecified atom stereocenters. The number of ether oxygens (including phenoxy) is 1. The Morgan fingerprint density at radius 2 is 1.83 bits per heavy atom. The summed E-state index contributed by atoms with van der Waals surface area (Å²) in [5, 5.41) is 19.5. The van der Waals surface area contributed by atoms with E-state index in [0.717, 1.165) is 5.56 Å². The minimum Gasteiger partial charge on any atom is -0.487 e. The second-order valence-corrected chi connectivity index (χ2v) is 6.71. The number of non-ortho nitro benzene ring substituents is 1. The van der Waals surface area contributed by atoms with Gasteiger partial charge in [0.25, 0.3) is 5.69 Å². The monoisotopic (exact) mass is 457 g/mol. The molecule has 8 heteroatoms. The van der Waals surface area contributed by atoms with Crippen molar-refractivity contribution >= 4 is 43.5 Å². The number of aliphatic carboxylic acids is 1. The van der Waals surface area contributed by atoms with Crippen LogP contribution in [0, 0.1) is 10.1 Å². The molecular weight excluding hydrogens is 446 g/mol. The van der Waals surface area contributed by atoms with Gasteiger partial charge in [-0.1, -0.05) is 12.1 Å². The lowest BCUT2D eigenvalue weighted by atomic mass is 10.1. The van der Waals surface area contributed by atoms with E-state index < -0.39 is 10.9 Å². The molecule has 0 aromatic heterocycles. The first kappa shape index (κ1) is 18.4. The average Bonchev–Trinajstić information content (AvgIpc) is 2.52. The lowest BCUT2D eigenvalue weighted by molar-refractivity contribution is -0.384. The Morgan fingerprint density at radius 3 is 2.42 bits per heavy atom. The molecular formula is C16H13Br2NO5. The van der Waals surface area contributed by atoms with Crippen LogP contribution in [0.2, 0.25) is 0 Å². The third kappa shape index (κ3) is 5.04. The van der Waals surface area contributed by atoms with Crippen molar-refractivity contribution in [2.45, 2.75) is 19.4 Å². The van der Waals surface area contributed by atoms with Crippen LogP contribution in [0.15, 0.2) is 45.3 Å². The van der Waals surface area contributed by atoms with Gasteiger partial charge in [0.1, 0.15) is 12.4 Å². The number of rotatable bonds is 7. The number of hydrogen-bond donors (Lipinski definition) is 1. The van der Waals surface area contributed by atoms with Crippen molar-refractivity contribution in [1.82, 2.24) is 0 Å². The third-order valence-electron chi connectivity index (χ3n) is 3.19. The van der Waals surface area contributed by atoms with E-state index in [9.17, 15) is 14.9 Å². The van der Waals surface area contributed by atoms with Crippen LogP contribution in [-0.2, 0) is 17.8 Å². The quantitative estimate of drug-likeness (QED) is 0.479. The minimum atomic E-state index is -0.853. The molecule has 0 radical (unpaired) electrons. The van der Waals surface area contributed by atoms with Gasteiger partial charge in [-0.3, -0.25) is 14.9 Å². The number of carboxylic acids is 1. The molecule has 6 nitrogen and oxygen atoms in total. The smallest absolute Gasteiger partial charge is 0.303 e. The molecule has 0 heterocycles. The van der Waals surface area contributed by atoms with Crippen molar-refractivity contribution in [3.8, 4) is 5.75 Å². The molecule has 1 N–H and O–H groups in total. The summed E-state index contributed by atoms with van der Waals surface area (Å²) in [4.78, 5) is 21.0. The number of carbonyl (C=O) groups is 1. The summed E-state index contributed by atoms with van der Waals surface area (Å²) in [5.41, 5.74) is 1.55. The van der Waals surface area contributed by atoms with Crippen molar-refractivity contribution in [3.63, 3.8) is 0 Å². The van der Waals surface area contributed by atoms with Crippen LogP contribution in [0.1, 0.15) is 17.5 Å². The number of benzene rings is 2. The lowest BCUT2D eigenvalue weighted by Crippen LogP contribution is -2.00. The zero-order valence-corrected chi connectivity index (χ0v) is 15.5. The molecule has 0 saturated heterocycles. The van der Waals surface area contributed by atoms with E-state index >= 15 is 0 Å². The van der Waals surface area contributed by atoms with Crippen LogP contribution in [0.5, 0.6) is 5.75 Å².